The summed E-state index contributed by atoms with van der Waals surface area (Å²) in [7, 11) is 1.67. The van der Waals surface area contributed by atoms with Crippen molar-refractivity contribution in [1.82, 2.24) is 10.2 Å². The van der Waals surface area contributed by atoms with E-state index >= 15 is 0 Å². The van der Waals surface area contributed by atoms with Crippen molar-refractivity contribution in [1.29, 1.82) is 0 Å². The van der Waals surface area contributed by atoms with Crippen molar-refractivity contribution in [2.24, 2.45) is 0 Å². The van der Waals surface area contributed by atoms with E-state index in [2.05, 4.69) is 22.3 Å². The van der Waals surface area contributed by atoms with Gasteiger partial charge in [-0.3, -0.25) is 9.69 Å². The third-order valence-electron chi connectivity index (χ3n) is 4.27. The number of carbonyl (C=O) groups excluding carboxylic acids is 1. The van der Waals surface area contributed by atoms with E-state index in [4.69, 9.17) is 9.15 Å². The Morgan fingerprint density at radius 1 is 1.35 bits per heavy atom. The normalized spacial score (nSPS) is 18.0. The summed E-state index contributed by atoms with van der Waals surface area (Å²) in [6.07, 6.45) is 2.69. The van der Waals surface area contributed by atoms with Gasteiger partial charge in [-0.15, -0.1) is 0 Å². The van der Waals surface area contributed by atoms with Gasteiger partial charge >= 0.3 is 0 Å². The van der Waals surface area contributed by atoms with Crippen molar-refractivity contribution in [3.63, 3.8) is 0 Å². The first-order valence-corrected chi connectivity index (χ1v) is 7.90. The van der Waals surface area contributed by atoms with Gasteiger partial charge in [-0.2, -0.15) is 0 Å². The largest absolute Gasteiger partial charge is 0.497 e. The van der Waals surface area contributed by atoms with Gasteiger partial charge in [-0.1, -0.05) is 12.1 Å². The maximum absolute atomic E-state index is 12.0. The van der Waals surface area contributed by atoms with E-state index in [9.17, 15) is 4.79 Å². The highest BCUT2D eigenvalue weighted by Crippen LogP contribution is 2.28. The SMILES string of the molecule is COc1ccc([C@@H]2CCN(CC(=O)NCc3ccco3)C2)cc1. The predicted octanol–water partition coefficient (Wildman–Crippen LogP) is 2.39. The zero-order valence-corrected chi connectivity index (χ0v) is 13.3. The number of benzene rings is 1. The molecule has 0 radical (unpaired) electrons. The van der Waals surface area contributed by atoms with Gasteiger partial charge in [0.15, 0.2) is 0 Å². The Morgan fingerprint density at radius 2 is 2.17 bits per heavy atom. The number of nitrogens with one attached hydrogen (secondary N) is 1. The summed E-state index contributed by atoms with van der Waals surface area (Å²) in [5.41, 5.74) is 1.31. The third-order valence-corrected chi connectivity index (χ3v) is 4.27. The van der Waals surface area contributed by atoms with Gasteiger partial charge in [0.05, 0.1) is 26.5 Å². The molecule has 0 saturated carbocycles. The first-order chi connectivity index (χ1) is 11.2. The van der Waals surface area contributed by atoms with Crippen molar-refractivity contribution in [2.45, 2.75) is 18.9 Å². The Kier molecular flexibility index (Phi) is 4.98. The molecule has 1 aromatic heterocycles. The van der Waals surface area contributed by atoms with E-state index in [1.807, 2.05) is 24.3 Å². The van der Waals surface area contributed by atoms with E-state index in [0.717, 1.165) is 31.0 Å². The molecule has 0 bridgehead atoms. The standard InChI is InChI=1S/C18H22N2O3/c1-22-16-6-4-14(5-7-16)15-8-9-20(12-15)13-18(21)19-11-17-3-2-10-23-17/h2-7,10,15H,8-9,11-13H2,1H3,(H,19,21)/t15-/m1/s1. The summed E-state index contributed by atoms with van der Waals surface area (Å²) in [5.74, 6) is 2.17. The number of hydrogen-bond donors (Lipinski definition) is 1. The second-order valence-electron chi connectivity index (χ2n) is 5.85. The van der Waals surface area contributed by atoms with Crippen LogP contribution in [0.2, 0.25) is 0 Å². The quantitative estimate of drug-likeness (QED) is 0.889. The summed E-state index contributed by atoms with van der Waals surface area (Å²) in [5, 5.41) is 2.89. The first-order valence-electron chi connectivity index (χ1n) is 7.90. The van der Waals surface area contributed by atoms with E-state index in [1.54, 1.807) is 13.4 Å². The number of carbonyl (C=O) groups is 1. The number of nitrogens with zero attached hydrogens (tertiary/aromatic N) is 1. The van der Waals surface area contributed by atoms with Gasteiger partial charge < -0.3 is 14.5 Å². The molecule has 2 heterocycles. The topological polar surface area (TPSA) is 54.7 Å². The van der Waals surface area contributed by atoms with Gasteiger partial charge in [-0.05, 0) is 48.7 Å². The van der Waals surface area contributed by atoms with Crippen molar-refractivity contribution < 1.29 is 13.9 Å². The van der Waals surface area contributed by atoms with E-state index in [-0.39, 0.29) is 5.91 Å². The summed E-state index contributed by atoms with van der Waals surface area (Å²) < 4.78 is 10.4. The molecule has 0 unspecified atom stereocenters. The molecule has 23 heavy (non-hydrogen) atoms. The number of rotatable bonds is 6. The minimum absolute atomic E-state index is 0.0387. The van der Waals surface area contributed by atoms with Gasteiger partial charge in [-0.25, -0.2) is 0 Å². The maximum Gasteiger partial charge on any atom is 0.234 e. The molecule has 1 aromatic carbocycles. The predicted molar refractivity (Wildman–Crippen MR) is 87.3 cm³/mol. The van der Waals surface area contributed by atoms with Crippen LogP contribution in [0.25, 0.3) is 0 Å². The maximum atomic E-state index is 12.0. The smallest absolute Gasteiger partial charge is 0.234 e. The number of hydrogen-bond acceptors (Lipinski definition) is 4. The highest BCUT2D eigenvalue weighted by atomic mass is 16.5. The molecule has 1 saturated heterocycles. The lowest BCUT2D eigenvalue weighted by Crippen LogP contribution is -2.35. The van der Waals surface area contributed by atoms with Gasteiger partial charge in [0.1, 0.15) is 11.5 Å². The second kappa shape index (κ2) is 7.33. The molecule has 1 N–H and O–H groups in total. The van der Waals surface area contributed by atoms with Crippen LogP contribution >= 0.6 is 0 Å². The summed E-state index contributed by atoms with van der Waals surface area (Å²) >= 11 is 0. The van der Waals surface area contributed by atoms with Crippen molar-refractivity contribution >= 4 is 5.91 Å². The Bertz CT molecular complexity index is 622. The number of likely N-dealkylation sites (tertiary alicyclic amines) is 1. The van der Waals surface area contributed by atoms with E-state index in [0.29, 0.717) is 19.0 Å². The number of methoxy groups -OCH3 is 1. The van der Waals surface area contributed by atoms with Crippen molar-refractivity contribution in [2.75, 3.05) is 26.7 Å². The lowest BCUT2D eigenvalue weighted by atomic mass is 9.98. The number of ether oxygens (including phenoxy) is 1. The third kappa shape index (κ3) is 4.13. The molecular formula is C18H22N2O3. The van der Waals surface area contributed by atoms with Gasteiger partial charge in [0.25, 0.3) is 0 Å². The molecule has 1 aliphatic heterocycles. The Balaban J connectivity index is 1.46. The lowest BCUT2D eigenvalue weighted by Gasteiger charge is -2.16. The number of furan rings is 1. The average Bonchev–Trinajstić information content (AvgIpc) is 3.25. The van der Waals surface area contributed by atoms with Crippen LogP contribution in [0.3, 0.4) is 0 Å². The molecule has 1 aliphatic rings. The van der Waals surface area contributed by atoms with Crippen LogP contribution in [0.5, 0.6) is 5.75 Å². The van der Waals surface area contributed by atoms with Crippen molar-refractivity contribution in [3.05, 3.63) is 54.0 Å². The lowest BCUT2D eigenvalue weighted by molar-refractivity contribution is -0.122. The molecular weight excluding hydrogens is 292 g/mol. The minimum Gasteiger partial charge on any atom is -0.497 e. The molecule has 3 rings (SSSR count). The molecule has 2 aromatic rings. The van der Waals surface area contributed by atoms with Crippen LogP contribution in [0.15, 0.2) is 47.1 Å². The molecule has 1 atom stereocenters. The van der Waals surface area contributed by atoms with Gasteiger partial charge in [0.2, 0.25) is 5.91 Å². The Labute approximate surface area is 136 Å². The summed E-state index contributed by atoms with van der Waals surface area (Å²) in [4.78, 5) is 14.2. The van der Waals surface area contributed by atoms with Crippen LogP contribution in [0, 0.1) is 0 Å². The fourth-order valence-corrected chi connectivity index (χ4v) is 2.98. The van der Waals surface area contributed by atoms with Crippen molar-refractivity contribution in [3.8, 4) is 5.75 Å². The number of amides is 1. The molecule has 1 fully saturated rings. The van der Waals surface area contributed by atoms with Crippen LogP contribution in [-0.4, -0.2) is 37.6 Å². The van der Waals surface area contributed by atoms with E-state index < -0.39 is 0 Å². The fourth-order valence-electron chi connectivity index (χ4n) is 2.98. The highest BCUT2D eigenvalue weighted by molar-refractivity contribution is 5.78. The molecule has 122 valence electrons. The monoisotopic (exact) mass is 314 g/mol. The fraction of sp³-hybridized carbons (Fsp3) is 0.389. The van der Waals surface area contributed by atoms with Crippen LogP contribution < -0.4 is 10.1 Å². The zero-order chi connectivity index (χ0) is 16.1. The minimum atomic E-state index is 0.0387. The Morgan fingerprint density at radius 3 is 2.87 bits per heavy atom. The molecule has 0 aliphatic carbocycles. The molecule has 5 heteroatoms. The highest BCUT2D eigenvalue weighted by Gasteiger charge is 2.25. The summed E-state index contributed by atoms with van der Waals surface area (Å²) in [6, 6.07) is 11.9. The van der Waals surface area contributed by atoms with Gasteiger partial charge in [0, 0.05) is 6.54 Å². The van der Waals surface area contributed by atoms with E-state index in [1.165, 1.54) is 5.56 Å². The average molecular weight is 314 g/mol. The zero-order valence-electron chi connectivity index (χ0n) is 13.3. The second-order valence-corrected chi connectivity index (χ2v) is 5.85. The Hall–Kier alpha value is -2.27. The molecule has 5 nitrogen and oxygen atoms in total. The van der Waals surface area contributed by atoms with Crippen LogP contribution in [-0.2, 0) is 11.3 Å². The first kappa shape index (κ1) is 15.6. The molecule has 0 spiro atoms. The van der Waals surface area contributed by atoms with Crippen LogP contribution in [0.1, 0.15) is 23.7 Å². The molecule has 1 amide bonds. The van der Waals surface area contributed by atoms with Crippen LogP contribution in [0.4, 0.5) is 0 Å². The summed E-state index contributed by atoms with van der Waals surface area (Å²) in [6.45, 7) is 2.75.